The molecule has 0 unspecified atom stereocenters. The maximum absolute atomic E-state index is 12.7. The van der Waals surface area contributed by atoms with Crippen molar-refractivity contribution in [1.29, 1.82) is 0 Å². The summed E-state index contributed by atoms with van der Waals surface area (Å²) in [6.07, 6.45) is 3.77. The van der Waals surface area contributed by atoms with Gasteiger partial charge in [0.05, 0.1) is 12.0 Å². The Labute approximate surface area is 141 Å². The molecule has 0 aliphatic rings. The van der Waals surface area contributed by atoms with Crippen molar-refractivity contribution in [2.45, 2.75) is 19.8 Å². The summed E-state index contributed by atoms with van der Waals surface area (Å²) in [5.74, 6) is 0.181. The lowest BCUT2D eigenvalue weighted by molar-refractivity contribution is -0.107. The Kier molecular flexibility index (Phi) is 5.38. The molecule has 2 rings (SSSR count). The van der Waals surface area contributed by atoms with Crippen LogP contribution in [0.2, 0.25) is 0 Å². The fourth-order valence-corrected chi connectivity index (χ4v) is 2.56. The minimum absolute atomic E-state index is 0.176. The molecule has 0 saturated carbocycles. The molecule has 0 bridgehead atoms. The van der Waals surface area contributed by atoms with Gasteiger partial charge in [-0.05, 0) is 12.5 Å². The second-order valence-corrected chi connectivity index (χ2v) is 5.82. The van der Waals surface area contributed by atoms with E-state index >= 15 is 0 Å². The van der Waals surface area contributed by atoms with Crippen LogP contribution in [-0.2, 0) is 31.7 Å². The third-order valence-corrected chi connectivity index (χ3v) is 4.05. The molecule has 2 aromatic heterocycles. The van der Waals surface area contributed by atoms with Crippen molar-refractivity contribution in [1.82, 2.24) is 24.2 Å². The number of hydrogen-bond acceptors (Lipinski definition) is 4. The average Bonchev–Trinajstić information content (AvgIpc) is 3.13. The largest absolute Gasteiger partial charge is 0.340 e. The van der Waals surface area contributed by atoms with Gasteiger partial charge in [-0.25, -0.2) is 4.98 Å². The van der Waals surface area contributed by atoms with Crippen molar-refractivity contribution < 1.29 is 9.59 Å². The Balaban J connectivity index is 2.09. The topological polar surface area (TPSA) is 76.3 Å². The number of rotatable bonds is 7. The van der Waals surface area contributed by atoms with E-state index in [1.54, 1.807) is 30.6 Å². The Morgan fingerprint density at radius 2 is 2.04 bits per heavy atom. The molecule has 0 aliphatic heterocycles. The first kappa shape index (κ1) is 17.7. The molecule has 8 heteroatoms. The van der Waals surface area contributed by atoms with Gasteiger partial charge in [0.2, 0.25) is 6.41 Å². The summed E-state index contributed by atoms with van der Waals surface area (Å²) < 4.78 is 3.50. The van der Waals surface area contributed by atoms with Gasteiger partial charge in [0, 0.05) is 46.9 Å². The van der Waals surface area contributed by atoms with Crippen LogP contribution < -0.4 is 4.90 Å². The van der Waals surface area contributed by atoms with E-state index in [9.17, 15) is 9.59 Å². The Morgan fingerprint density at radius 1 is 1.33 bits per heavy atom. The minimum atomic E-state index is -0.176. The van der Waals surface area contributed by atoms with Crippen LogP contribution in [0.1, 0.15) is 28.8 Å². The first-order chi connectivity index (χ1) is 11.4. The first-order valence-electron chi connectivity index (χ1n) is 7.85. The quantitative estimate of drug-likeness (QED) is 0.697. The zero-order valence-electron chi connectivity index (χ0n) is 14.9. The highest BCUT2D eigenvalue weighted by Crippen LogP contribution is 2.17. The maximum atomic E-state index is 12.7. The highest BCUT2D eigenvalue weighted by molar-refractivity contribution is 5.99. The first-order valence-corrected chi connectivity index (χ1v) is 7.85. The van der Waals surface area contributed by atoms with E-state index in [4.69, 9.17) is 0 Å². The molecule has 0 spiro atoms. The molecule has 0 N–H and O–H groups in total. The fourth-order valence-electron chi connectivity index (χ4n) is 2.56. The van der Waals surface area contributed by atoms with E-state index in [0.29, 0.717) is 30.9 Å². The summed E-state index contributed by atoms with van der Waals surface area (Å²) in [7, 11) is 6.98. The Bertz CT molecular complexity index is 733. The van der Waals surface area contributed by atoms with Gasteiger partial charge in [-0.3, -0.25) is 14.3 Å². The van der Waals surface area contributed by atoms with E-state index in [1.165, 1.54) is 16.9 Å². The lowest BCUT2D eigenvalue weighted by Crippen LogP contribution is -2.32. The Morgan fingerprint density at radius 3 is 2.62 bits per heavy atom. The van der Waals surface area contributed by atoms with Gasteiger partial charge in [-0.1, -0.05) is 6.92 Å². The van der Waals surface area contributed by atoms with Gasteiger partial charge in [-0.15, -0.1) is 0 Å². The van der Waals surface area contributed by atoms with Crippen LogP contribution in [0.15, 0.2) is 12.4 Å². The molecule has 0 atom stereocenters. The van der Waals surface area contributed by atoms with Crippen LogP contribution in [0, 0.1) is 0 Å². The van der Waals surface area contributed by atoms with E-state index in [1.807, 2.05) is 11.7 Å². The second-order valence-electron chi connectivity index (χ2n) is 5.82. The number of aromatic nitrogens is 4. The van der Waals surface area contributed by atoms with Gasteiger partial charge < -0.3 is 14.4 Å². The Hall–Kier alpha value is -2.64. The van der Waals surface area contributed by atoms with Crippen molar-refractivity contribution in [2.24, 2.45) is 14.1 Å². The van der Waals surface area contributed by atoms with Crippen LogP contribution in [0.3, 0.4) is 0 Å². The number of anilines is 1. The van der Waals surface area contributed by atoms with Crippen LogP contribution in [-0.4, -0.2) is 57.2 Å². The van der Waals surface area contributed by atoms with Crippen molar-refractivity contribution in [3.05, 3.63) is 29.5 Å². The number of nitrogens with zero attached hydrogens (tertiary/aromatic N) is 6. The summed E-state index contributed by atoms with van der Waals surface area (Å²) in [4.78, 5) is 30.7. The molecule has 2 heterocycles. The predicted octanol–water partition coefficient (Wildman–Crippen LogP) is 0.623. The van der Waals surface area contributed by atoms with Crippen molar-refractivity contribution in [3.8, 4) is 0 Å². The van der Waals surface area contributed by atoms with Crippen molar-refractivity contribution in [2.75, 3.05) is 25.5 Å². The molecule has 8 nitrogen and oxygen atoms in total. The van der Waals surface area contributed by atoms with E-state index in [-0.39, 0.29) is 5.91 Å². The maximum Gasteiger partial charge on any atom is 0.274 e. The van der Waals surface area contributed by atoms with Gasteiger partial charge >= 0.3 is 0 Å². The van der Waals surface area contributed by atoms with Gasteiger partial charge in [0.15, 0.2) is 11.5 Å². The van der Waals surface area contributed by atoms with E-state index in [2.05, 4.69) is 23.1 Å². The van der Waals surface area contributed by atoms with Crippen LogP contribution in [0.5, 0.6) is 0 Å². The average molecular weight is 332 g/mol. The third kappa shape index (κ3) is 3.47. The predicted molar refractivity (Wildman–Crippen MR) is 90.9 cm³/mol. The van der Waals surface area contributed by atoms with Gasteiger partial charge in [-0.2, -0.15) is 5.10 Å². The molecule has 0 saturated heterocycles. The molecule has 0 fully saturated rings. The standard InChI is InChI=1S/C16H24N6O2/c1-6-13-9-12(18-22(13)5)7-8-19(2)16(24)14-15(21(4)11-23)17-10-20(14)3/h9-11H,6-8H2,1-5H3. The summed E-state index contributed by atoms with van der Waals surface area (Å²) in [6.45, 7) is 2.62. The molecular formula is C16H24N6O2. The molecule has 130 valence electrons. The van der Waals surface area contributed by atoms with E-state index < -0.39 is 0 Å². The monoisotopic (exact) mass is 332 g/mol. The lowest BCUT2D eigenvalue weighted by Gasteiger charge is -2.19. The number of imidazole rings is 1. The smallest absolute Gasteiger partial charge is 0.274 e. The molecule has 0 aliphatic carbocycles. The van der Waals surface area contributed by atoms with Crippen LogP contribution in [0.4, 0.5) is 5.82 Å². The SMILES string of the molecule is CCc1cc(CCN(C)C(=O)c2c(N(C)C=O)ncn2C)nn1C. The summed E-state index contributed by atoms with van der Waals surface area (Å²) >= 11 is 0. The molecular weight excluding hydrogens is 308 g/mol. The fraction of sp³-hybridized carbons (Fsp3) is 0.500. The van der Waals surface area contributed by atoms with Crippen molar-refractivity contribution in [3.63, 3.8) is 0 Å². The molecule has 24 heavy (non-hydrogen) atoms. The highest BCUT2D eigenvalue weighted by atomic mass is 16.2. The minimum Gasteiger partial charge on any atom is -0.340 e. The number of carbonyl (C=O) groups is 2. The zero-order valence-corrected chi connectivity index (χ0v) is 14.9. The number of hydrogen-bond donors (Lipinski definition) is 0. The lowest BCUT2D eigenvalue weighted by atomic mass is 10.2. The van der Waals surface area contributed by atoms with Gasteiger partial charge in [0.1, 0.15) is 0 Å². The molecule has 0 radical (unpaired) electrons. The van der Waals surface area contributed by atoms with Crippen molar-refractivity contribution >= 4 is 18.1 Å². The van der Waals surface area contributed by atoms with Crippen LogP contribution >= 0.6 is 0 Å². The van der Waals surface area contributed by atoms with Crippen LogP contribution in [0.25, 0.3) is 0 Å². The summed E-state index contributed by atoms with van der Waals surface area (Å²) in [5.41, 5.74) is 2.52. The third-order valence-electron chi connectivity index (χ3n) is 4.05. The van der Waals surface area contributed by atoms with E-state index in [0.717, 1.165) is 12.1 Å². The number of likely N-dealkylation sites (N-methyl/N-ethyl adjacent to an activating group) is 1. The normalized spacial score (nSPS) is 10.7. The molecule has 0 aromatic carbocycles. The summed E-state index contributed by atoms with van der Waals surface area (Å²) in [5, 5.41) is 4.46. The van der Waals surface area contributed by atoms with Gasteiger partial charge in [0.25, 0.3) is 5.91 Å². The number of carbonyl (C=O) groups excluding carboxylic acids is 2. The summed E-state index contributed by atoms with van der Waals surface area (Å²) in [6, 6.07) is 2.06. The number of amides is 2. The highest BCUT2D eigenvalue weighted by Gasteiger charge is 2.23. The second kappa shape index (κ2) is 7.29. The number of aryl methyl sites for hydroxylation is 3. The molecule has 2 amide bonds. The zero-order chi connectivity index (χ0) is 17.9. The molecule has 2 aromatic rings.